The summed E-state index contributed by atoms with van der Waals surface area (Å²) in [6.45, 7) is 5.52. The van der Waals surface area contributed by atoms with Gasteiger partial charge >= 0.3 is 0 Å². The smallest absolute Gasteiger partial charge is 0.0212 e. The van der Waals surface area contributed by atoms with Gasteiger partial charge in [-0.05, 0) is 19.9 Å². The molecule has 12 heavy (non-hydrogen) atoms. The zero-order valence-corrected chi connectivity index (χ0v) is 7.92. The van der Waals surface area contributed by atoms with E-state index in [1.54, 1.807) is 0 Å². The Kier molecular flexibility index (Phi) is 1.37. The number of likely N-dealkylation sites (tertiary alicyclic amines) is 2. The van der Waals surface area contributed by atoms with Gasteiger partial charge in [0.1, 0.15) is 0 Å². The Morgan fingerprint density at radius 2 is 1.75 bits per heavy atom. The summed E-state index contributed by atoms with van der Waals surface area (Å²) < 4.78 is 0. The maximum absolute atomic E-state index is 2.70. The number of nitrogens with zero attached hydrogens (tertiary/aromatic N) is 2. The molecule has 1 spiro atoms. The molecule has 68 valence electrons. The summed E-state index contributed by atoms with van der Waals surface area (Å²) in [5.74, 6) is 0. The second kappa shape index (κ2) is 2.24. The molecular formula is C10H18N2. The second-order valence-corrected chi connectivity index (χ2v) is 5.16. The predicted molar refractivity (Wildman–Crippen MR) is 49.1 cm³/mol. The van der Waals surface area contributed by atoms with Crippen LogP contribution in [0.4, 0.5) is 0 Å². The highest BCUT2D eigenvalue weighted by molar-refractivity contribution is 5.06. The van der Waals surface area contributed by atoms with Crippen LogP contribution < -0.4 is 0 Å². The van der Waals surface area contributed by atoms with Gasteiger partial charge in [-0.3, -0.25) is 4.90 Å². The van der Waals surface area contributed by atoms with Crippen LogP contribution in [0.15, 0.2) is 0 Å². The van der Waals surface area contributed by atoms with Crippen molar-refractivity contribution in [1.29, 1.82) is 0 Å². The van der Waals surface area contributed by atoms with Gasteiger partial charge in [0, 0.05) is 37.6 Å². The van der Waals surface area contributed by atoms with Gasteiger partial charge < -0.3 is 4.90 Å². The molecule has 3 fully saturated rings. The first kappa shape index (κ1) is 7.34. The molecule has 2 nitrogen and oxygen atoms in total. The molecule has 1 aliphatic carbocycles. The van der Waals surface area contributed by atoms with Crippen LogP contribution in [0.3, 0.4) is 0 Å². The van der Waals surface area contributed by atoms with E-state index in [4.69, 9.17) is 0 Å². The SMILES string of the molecule is CN1CC2(C1)CN(C1CCC1)C2. The van der Waals surface area contributed by atoms with Crippen molar-refractivity contribution < 1.29 is 0 Å². The fourth-order valence-electron chi connectivity index (χ4n) is 3.12. The van der Waals surface area contributed by atoms with Crippen LogP contribution in [0, 0.1) is 5.41 Å². The summed E-state index contributed by atoms with van der Waals surface area (Å²) >= 11 is 0. The van der Waals surface area contributed by atoms with Crippen LogP contribution >= 0.6 is 0 Å². The lowest BCUT2D eigenvalue weighted by Crippen LogP contribution is -2.73. The fourth-order valence-corrected chi connectivity index (χ4v) is 3.12. The van der Waals surface area contributed by atoms with Gasteiger partial charge in [-0.15, -0.1) is 0 Å². The summed E-state index contributed by atoms with van der Waals surface area (Å²) in [6.07, 6.45) is 4.44. The Morgan fingerprint density at radius 1 is 1.08 bits per heavy atom. The first-order chi connectivity index (χ1) is 5.77. The van der Waals surface area contributed by atoms with Crippen LogP contribution in [0.2, 0.25) is 0 Å². The predicted octanol–water partition coefficient (Wildman–Crippen LogP) is 0.786. The quantitative estimate of drug-likeness (QED) is 0.568. The Labute approximate surface area is 74.5 Å². The van der Waals surface area contributed by atoms with Crippen molar-refractivity contribution in [1.82, 2.24) is 9.80 Å². The van der Waals surface area contributed by atoms with Gasteiger partial charge in [-0.1, -0.05) is 6.42 Å². The number of hydrogen-bond donors (Lipinski definition) is 0. The van der Waals surface area contributed by atoms with E-state index in [1.165, 1.54) is 45.4 Å². The van der Waals surface area contributed by atoms with Crippen molar-refractivity contribution in [2.24, 2.45) is 5.41 Å². The van der Waals surface area contributed by atoms with Gasteiger partial charge in [-0.2, -0.15) is 0 Å². The first-order valence-electron chi connectivity index (χ1n) is 5.20. The lowest BCUT2D eigenvalue weighted by atomic mass is 9.71. The molecule has 0 atom stereocenters. The van der Waals surface area contributed by atoms with E-state index in [-0.39, 0.29) is 0 Å². The van der Waals surface area contributed by atoms with Crippen molar-refractivity contribution in [3.05, 3.63) is 0 Å². The highest BCUT2D eigenvalue weighted by Crippen LogP contribution is 2.42. The third kappa shape index (κ3) is 0.882. The molecule has 3 aliphatic rings. The molecule has 0 unspecified atom stereocenters. The highest BCUT2D eigenvalue weighted by Gasteiger charge is 2.52. The van der Waals surface area contributed by atoms with E-state index in [2.05, 4.69) is 16.8 Å². The summed E-state index contributed by atoms with van der Waals surface area (Å²) in [5.41, 5.74) is 0.754. The number of rotatable bonds is 1. The van der Waals surface area contributed by atoms with Crippen molar-refractivity contribution >= 4 is 0 Å². The molecular weight excluding hydrogens is 148 g/mol. The maximum atomic E-state index is 2.70. The fraction of sp³-hybridized carbons (Fsp3) is 1.00. The molecule has 0 radical (unpaired) electrons. The summed E-state index contributed by atoms with van der Waals surface area (Å²) in [4.78, 5) is 5.15. The van der Waals surface area contributed by atoms with Crippen molar-refractivity contribution in [2.75, 3.05) is 33.2 Å². The van der Waals surface area contributed by atoms with Gasteiger partial charge in [0.05, 0.1) is 0 Å². The molecule has 2 heteroatoms. The van der Waals surface area contributed by atoms with Gasteiger partial charge in [0.15, 0.2) is 0 Å². The molecule has 0 N–H and O–H groups in total. The Hall–Kier alpha value is -0.0800. The minimum atomic E-state index is 0.754. The van der Waals surface area contributed by atoms with E-state index in [0.29, 0.717) is 0 Å². The molecule has 2 saturated heterocycles. The molecule has 3 rings (SSSR count). The van der Waals surface area contributed by atoms with E-state index < -0.39 is 0 Å². The maximum Gasteiger partial charge on any atom is 0.0212 e. The van der Waals surface area contributed by atoms with Crippen LogP contribution in [0.1, 0.15) is 19.3 Å². The van der Waals surface area contributed by atoms with E-state index in [0.717, 1.165) is 11.5 Å². The third-order valence-corrected chi connectivity index (χ3v) is 3.88. The second-order valence-electron chi connectivity index (χ2n) is 5.16. The van der Waals surface area contributed by atoms with Crippen LogP contribution in [-0.2, 0) is 0 Å². The zero-order valence-electron chi connectivity index (χ0n) is 7.92. The van der Waals surface area contributed by atoms with Crippen molar-refractivity contribution in [2.45, 2.75) is 25.3 Å². The van der Waals surface area contributed by atoms with E-state index in [9.17, 15) is 0 Å². The molecule has 2 heterocycles. The normalized spacial score (nSPS) is 35.8. The van der Waals surface area contributed by atoms with Gasteiger partial charge in [-0.25, -0.2) is 0 Å². The number of hydrogen-bond acceptors (Lipinski definition) is 2. The average Bonchev–Trinajstić information content (AvgIpc) is 1.75. The summed E-state index contributed by atoms with van der Waals surface area (Å²) in [6, 6.07) is 0.988. The van der Waals surface area contributed by atoms with E-state index >= 15 is 0 Å². The molecule has 0 aromatic heterocycles. The van der Waals surface area contributed by atoms with Crippen LogP contribution in [-0.4, -0.2) is 49.1 Å². The minimum absolute atomic E-state index is 0.754. The highest BCUT2D eigenvalue weighted by atomic mass is 15.3. The van der Waals surface area contributed by atoms with E-state index in [1.807, 2.05) is 0 Å². The summed E-state index contributed by atoms with van der Waals surface area (Å²) in [5, 5.41) is 0. The third-order valence-electron chi connectivity index (χ3n) is 3.88. The molecule has 0 aromatic rings. The minimum Gasteiger partial charge on any atom is -0.305 e. The lowest BCUT2D eigenvalue weighted by molar-refractivity contribution is -0.131. The zero-order chi connectivity index (χ0) is 8.18. The molecule has 1 saturated carbocycles. The standard InChI is InChI=1S/C10H18N2/c1-11-5-10(6-11)7-12(8-10)9-3-2-4-9/h9H,2-8H2,1H3. The van der Waals surface area contributed by atoms with Gasteiger partial charge in [0.2, 0.25) is 0 Å². The Balaban J connectivity index is 1.51. The van der Waals surface area contributed by atoms with Crippen molar-refractivity contribution in [3.8, 4) is 0 Å². The Morgan fingerprint density at radius 3 is 2.17 bits per heavy atom. The van der Waals surface area contributed by atoms with Crippen LogP contribution in [0.5, 0.6) is 0 Å². The molecule has 2 aliphatic heterocycles. The van der Waals surface area contributed by atoms with Gasteiger partial charge in [0.25, 0.3) is 0 Å². The average molecular weight is 166 g/mol. The van der Waals surface area contributed by atoms with Crippen LogP contribution in [0.25, 0.3) is 0 Å². The lowest BCUT2D eigenvalue weighted by Gasteiger charge is -2.62. The molecule has 0 amide bonds. The largest absolute Gasteiger partial charge is 0.305 e. The summed E-state index contributed by atoms with van der Waals surface area (Å²) in [7, 11) is 2.23. The first-order valence-corrected chi connectivity index (χ1v) is 5.20. The monoisotopic (exact) mass is 166 g/mol. The topological polar surface area (TPSA) is 6.48 Å². The molecule has 0 bridgehead atoms. The molecule has 0 aromatic carbocycles. The van der Waals surface area contributed by atoms with Crippen molar-refractivity contribution in [3.63, 3.8) is 0 Å². The Bertz CT molecular complexity index is 184.